The van der Waals surface area contributed by atoms with Gasteiger partial charge in [-0.3, -0.25) is 5.73 Å². The van der Waals surface area contributed by atoms with Crippen molar-refractivity contribution in [2.45, 2.75) is 6.17 Å². The Morgan fingerprint density at radius 3 is 2.50 bits per heavy atom. The molecule has 0 fully saturated rings. The van der Waals surface area contributed by atoms with Crippen LogP contribution < -0.4 is 5.73 Å². The topological polar surface area (TPSA) is 81.8 Å². The zero-order valence-corrected chi connectivity index (χ0v) is 4.33. The van der Waals surface area contributed by atoms with Crippen LogP contribution in [0.2, 0.25) is 0 Å². The van der Waals surface area contributed by atoms with E-state index < -0.39 is 12.1 Å². The molecule has 5 heteroatoms. The van der Waals surface area contributed by atoms with E-state index in [0.29, 0.717) is 0 Å². The predicted octanol–water partition coefficient (Wildman–Crippen LogP) is -0.789. The lowest BCUT2D eigenvalue weighted by atomic mass is 10.6. The maximum atomic E-state index is 10.1. The van der Waals surface area contributed by atoms with E-state index in [-0.39, 0.29) is 0 Å². The van der Waals surface area contributed by atoms with Crippen molar-refractivity contribution >= 4 is 5.97 Å². The highest BCUT2D eigenvalue weighted by Crippen LogP contribution is 1.81. The van der Waals surface area contributed by atoms with Gasteiger partial charge in [0.2, 0.25) is 6.17 Å². The highest BCUT2D eigenvalue weighted by Gasteiger charge is 2.11. The summed E-state index contributed by atoms with van der Waals surface area (Å²) in [7, 11) is 1.13. The van der Waals surface area contributed by atoms with E-state index in [4.69, 9.17) is 5.73 Å². The summed E-state index contributed by atoms with van der Waals surface area (Å²) in [5, 5.41) is 2.21. The second kappa shape index (κ2) is 3.09. The summed E-state index contributed by atoms with van der Waals surface area (Å²) < 4.78 is 4.05. The van der Waals surface area contributed by atoms with E-state index in [2.05, 4.69) is 9.91 Å². The molecule has 0 bridgehead atoms. The molecular formula is C3H6N2O3. The van der Waals surface area contributed by atoms with E-state index in [0.717, 1.165) is 7.11 Å². The minimum absolute atomic E-state index is 0.819. The molecule has 0 aliphatic rings. The van der Waals surface area contributed by atoms with Crippen molar-refractivity contribution in [1.82, 2.24) is 0 Å². The third kappa shape index (κ3) is 1.65. The number of nitrogens with zero attached hydrogens (tertiary/aromatic N) is 1. The lowest BCUT2D eigenvalue weighted by Gasteiger charge is -1.96. The lowest BCUT2D eigenvalue weighted by Crippen LogP contribution is -2.28. The van der Waals surface area contributed by atoms with Gasteiger partial charge in [-0.05, 0) is 5.18 Å². The fourth-order valence-electron chi connectivity index (χ4n) is 0.164. The average molecular weight is 118 g/mol. The van der Waals surface area contributed by atoms with Crippen LogP contribution in [0.5, 0.6) is 0 Å². The fourth-order valence-corrected chi connectivity index (χ4v) is 0.164. The molecule has 0 aliphatic carbocycles. The lowest BCUT2D eigenvalue weighted by molar-refractivity contribution is -0.141. The number of esters is 1. The summed E-state index contributed by atoms with van der Waals surface area (Å²) in [5.41, 5.74) is 4.77. The summed E-state index contributed by atoms with van der Waals surface area (Å²) in [4.78, 5) is 19.5. The van der Waals surface area contributed by atoms with Crippen LogP contribution in [-0.4, -0.2) is 19.2 Å². The predicted molar refractivity (Wildman–Crippen MR) is 25.8 cm³/mol. The van der Waals surface area contributed by atoms with Crippen LogP contribution in [-0.2, 0) is 9.53 Å². The first-order valence-corrected chi connectivity index (χ1v) is 1.88. The van der Waals surface area contributed by atoms with E-state index >= 15 is 0 Å². The third-order valence-corrected chi connectivity index (χ3v) is 0.556. The monoisotopic (exact) mass is 118 g/mol. The van der Waals surface area contributed by atoms with Crippen molar-refractivity contribution < 1.29 is 9.53 Å². The van der Waals surface area contributed by atoms with E-state index in [1.807, 2.05) is 0 Å². The summed E-state index contributed by atoms with van der Waals surface area (Å²) in [6, 6.07) is 0. The molecule has 8 heavy (non-hydrogen) atoms. The van der Waals surface area contributed by atoms with Gasteiger partial charge in [0.25, 0.3) is 0 Å². The highest BCUT2D eigenvalue weighted by molar-refractivity contribution is 5.74. The van der Waals surface area contributed by atoms with Gasteiger partial charge in [0, 0.05) is 0 Å². The quantitative estimate of drug-likeness (QED) is 0.380. The van der Waals surface area contributed by atoms with Crippen LogP contribution in [0.15, 0.2) is 5.18 Å². The number of rotatable bonds is 2. The minimum Gasteiger partial charge on any atom is -0.466 e. The average Bonchev–Trinajstić information content (AvgIpc) is 1.84. The maximum Gasteiger partial charge on any atom is 0.349 e. The zero-order chi connectivity index (χ0) is 6.57. The molecule has 0 aromatic carbocycles. The van der Waals surface area contributed by atoms with Gasteiger partial charge >= 0.3 is 5.97 Å². The molecule has 0 saturated heterocycles. The zero-order valence-electron chi connectivity index (χ0n) is 4.33. The van der Waals surface area contributed by atoms with Crippen LogP contribution in [0.1, 0.15) is 0 Å². The number of carbonyl (C=O) groups is 1. The Labute approximate surface area is 45.8 Å². The molecule has 46 valence electrons. The fraction of sp³-hybridized carbons (Fsp3) is 0.667. The summed E-state index contributed by atoms with van der Waals surface area (Å²) in [5.74, 6) is -0.819. The number of methoxy groups -OCH3 is 1. The number of hydrogen-bond donors (Lipinski definition) is 1. The second-order valence-corrected chi connectivity index (χ2v) is 1.07. The number of nitroso groups, excluding NO2 is 1. The van der Waals surface area contributed by atoms with Crippen molar-refractivity contribution in [3.63, 3.8) is 0 Å². The molecule has 1 atom stereocenters. The third-order valence-electron chi connectivity index (χ3n) is 0.556. The van der Waals surface area contributed by atoms with Gasteiger partial charge < -0.3 is 4.74 Å². The Kier molecular flexibility index (Phi) is 2.71. The van der Waals surface area contributed by atoms with Gasteiger partial charge in [0.15, 0.2) is 0 Å². The molecule has 0 heterocycles. The van der Waals surface area contributed by atoms with Crippen LogP contribution in [0.4, 0.5) is 0 Å². The molecule has 0 radical (unpaired) electrons. The Hall–Kier alpha value is -0.970. The second-order valence-electron chi connectivity index (χ2n) is 1.07. The highest BCUT2D eigenvalue weighted by atomic mass is 16.5. The molecular weight excluding hydrogens is 112 g/mol. The first kappa shape index (κ1) is 7.03. The molecule has 0 rings (SSSR count). The van der Waals surface area contributed by atoms with Gasteiger partial charge in [0.05, 0.1) is 7.11 Å². The normalized spacial score (nSPS) is 12.2. The standard InChI is InChI=1S/C3H6N2O3/c1-8-3(6)2(4)5-7/h2H,4H2,1H3. The van der Waals surface area contributed by atoms with Crippen molar-refractivity contribution in [2.75, 3.05) is 7.11 Å². The summed E-state index contributed by atoms with van der Waals surface area (Å²) >= 11 is 0. The Morgan fingerprint density at radius 1 is 1.88 bits per heavy atom. The van der Waals surface area contributed by atoms with Gasteiger partial charge in [0.1, 0.15) is 0 Å². The van der Waals surface area contributed by atoms with Crippen molar-refractivity contribution in [1.29, 1.82) is 0 Å². The minimum atomic E-state index is -1.38. The van der Waals surface area contributed by atoms with Crippen molar-refractivity contribution in [3.8, 4) is 0 Å². The largest absolute Gasteiger partial charge is 0.466 e. The molecule has 0 amide bonds. The van der Waals surface area contributed by atoms with E-state index in [1.165, 1.54) is 0 Å². The Morgan fingerprint density at radius 2 is 2.38 bits per heavy atom. The first-order valence-electron chi connectivity index (χ1n) is 1.88. The molecule has 5 nitrogen and oxygen atoms in total. The van der Waals surface area contributed by atoms with E-state index in [1.54, 1.807) is 0 Å². The molecule has 0 spiro atoms. The van der Waals surface area contributed by atoms with Gasteiger partial charge in [-0.2, -0.15) is 0 Å². The summed E-state index contributed by atoms with van der Waals surface area (Å²) in [6.07, 6.45) is -1.38. The SMILES string of the molecule is COC(=O)C(N)N=O. The van der Waals surface area contributed by atoms with Gasteiger partial charge in [-0.1, -0.05) is 0 Å². The van der Waals surface area contributed by atoms with Gasteiger partial charge in [-0.15, -0.1) is 4.91 Å². The van der Waals surface area contributed by atoms with E-state index in [9.17, 15) is 9.70 Å². The van der Waals surface area contributed by atoms with Gasteiger partial charge in [-0.25, -0.2) is 4.79 Å². The molecule has 1 unspecified atom stereocenters. The molecule has 2 N–H and O–H groups in total. The van der Waals surface area contributed by atoms with Crippen LogP contribution in [0.25, 0.3) is 0 Å². The van der Waals surface area contributed by atoms with Crippen molar-refractivity contribution in [3.05, 3.63) is 4.91 Å². The molecule has 0 aromatic rings. The van der Waals surface area contributed by atoms with Crippen LogP contribution >= 0.6 is 0 Å². The number of hydrogen-bond acceptors (Lipinski definition) is 5. The summed E-state index contributed by atoms with van der Waals surface area (Å²) in [6.45, 7) is 0. The first-order chi connectivity index (χ1) is 3.72. The van der Waals surface area contributed by atoms with Crippen LogP contribution in [0.3, 0.4) is 0 Å². The molecule has 0 aromatic heterocycles. The Balaban J connectivity index is 3.62. The van der Waals surface area contributed by atoms with Crippen LogP contribution in [0, 0.1) is 4.91 Å². The van der Waals surface area contributed by atoms with Crippen molar-refractivity contribution in [2.24, 2.45) is 10.9 Å². The molecule has 0 saturated carbocycles. The number of ether oxygens (including phenoxy) is 1. The molecule has 0 aliphatic heterocycles. The smallest absolute Gasteiger partial charge is 0.349 e. The Bertz CT molecular complexity index is 103. The number of carbonyl (C=O) groups excluding carboxylic acids is 1. The number of nitrogens with two attached hydrogens (primary N) is 1. The maximum absolute atomic E-state index is 10.1.